The molecule has 1 aliphatic heterocycles. The van der Waals surface area contributed by atoms with Gasteiger partial charge in [-0.2, -0.15) is 0 Å². The molecule has 26 heavy (non-hydrogen) atoms. The molecule has 9 heteroatoms. The SMILES string of the molecule is CS(=O)(=O)c1ccc(Oc2cc3nnn(C4CCNCC4)c3cn2)cc1. The third kappa shape index (κ3) is 3.40. The van der Waals surface area contributed by atoms with Gasteiger partial charge in [-0.05, 0) is 50.2 Å². The third-order valence-corrected chi connectivity index (χ3v) is 5.59. The summed E-state index contributed by atoms with van der Waals surface area (Å²) in [6.45, 7) is 1.95. The lowest BCUT2D eigenvalue weighted by atomic mass is 10.1. The molecule has 0 spiro atoms. The topological polar surface area (TPSA) is 99.0 Å². The molecular formula is C17H19N5O3S. The second kappa shape index (κ2) is 6.65. The van der Waals surface area contributed by atoms with Crippen molar-refractivity contribution in [2.24, 2.45) is 0 Å². The average molecular weight is 373 g/mol. The van der Waals surface area contributed by atoms with Gasteiger partial charge in [-0.15, -0.1) is 5.10 Å². The zero-order chi connectivity index (χ0) is 18.1. The molecule has 0 unspecified atom stereocenters. The summed E-state index contributed by atoms with van der Waals surface area (Å²) in [5.74, 6) is 0.900. The van der Waals surface area contributed by atoms with Gasteiger partial charge in [0.2, 0.25) is 5.88 Å². The maximum absolute atomic E-state index is 11.5. The van der Waals surface area contributed by atoms with Crippen molar-refractivity contribution >= 4 is 20.9 Å². The molecule has 0 bridgehead atoms. The number of benzene rings is 1. The highest BCUT2D eigenvalue weighted by Gasteiger charge is 2.19. The van der Waals surface area contributed by atoms with Gasteiger partial charge in [-0.25, -0.2) is 18.1 Å². The Hall–Kier alpha value is -2.52. The zero-order valence-corrected chi connectivity index (χ0v) is 15.1. The number of hydrogen-bond donors (Lipinski definition) is 1. The van der Waals surface area contributed by atoms with Crippen molar-refractivity contribution in [2.75, 3.05) is 19.3 Å². The van der Waals surface area contributed by atoms with E-state index in [-0.39, 0.29) is 4.90 Å². The first kappa shape index (κ1) is 16.9. The Morgan fingerprint density at radius 3 is 2.62 bits per heavy atom. The van der Waals surface area contributed by atoms with Crippen LogP contribution in [-0.2, 0) is 9.84 Å². The van der Waals surface area contributed by atoms with E-state index in [0.29, 0.717) is 17.7 Å². The number of nitrogens with zero attached hydrogens (tertiary/aromatic N) is 4. The van der Waals surface area contributed by atoms with E-state index in [2.05, 4.69) is 20.6 Å². The average Bonchev–Trinajstić information content (AvgIpc) is 3.05. The Balaban J connectivity index is 1.56. The van der Waals surface area contributed by atoms with Gasteiger partial charge in [-0.1, -0.05) is 5.21 Å². The van der Waals surface area contributed by atoms with Crippen molar-refractivity contribution in [1.82, 2.24) is 25.3 Å². The van der Waals surface area contributed by atoms with Crippen LogP contribution in [0.4, 0.5) is 0 Å². The molecule has 1 fully saturated rings. The highest BCUT2D eigenvalue weighted by Crippen LogP contribution is 2.26. The summed E-state index contributed by atoms with van der Waals surface area (Å²) < 4.78 is 30.7. The van der Waals surface area contributed by atoms with Gasteiger partial charge in [0.05, 0.1) is 17.1 Å². The molecule has 4 rings (SSSR count). The van der Waals surface area contributed by atoms with Crippen molar-refractivity contribution < 1.29 is 13.2 Å². The van der Waals surface area contributed by atoms with Crippen molar-refractivity contribution in [1.29, 1.82) is 0 Å². The van der Waals surface area contributed by atoms with E-state index in [4.69, 9.17) is 4.74 Å². The summed E-state index contributed by atoms with van der Waals surface area (Å²) in [6.07, 6.45) is 4.93. The zero-order valence-electron chi connectivity index (χ0n) is 14.3. The second-order valence-corrected chi connectivity index (χ2v) is 8.39. The van der Waals surface area contributed by atoms with E-state index in [1.54, 1.807) is 24.4 Å². The van der Waals surface area contributed by atoms with Gasteiger partial charge < -0.3 is 10.1 Å². The van der Waals surface area contributed by atoms with E-state index in [1.165, 1.54) is 18.4 Å². The first-order valence-corrected chi connectivity index (χ1v) is 10.3. The molecule has 136 valence electrons. The van der Waals surface area contributed by atoms with Crippen molar-refractivity contribution in [2.45, 2.75) is 23.8 Å². The Morgan fingerprint density at radius 1 is 1.19 bits per heavy atom. The fourth-order valence-corrected chi connectivity index (χ4v) is 3.70. The molecule has 0 atom stereocenters. The Morgan fingerprint density at radius 2 is 1.92 bits per heavy atom. The van der Waals surface area contributed by atoms with E-state index in [0.717, 1.165) is 37.0 Å². The molecule has 0 radical (unpaired) electrons. The van der Waals surface area contributed by atoms with Crippen LogP contribution in [0, 0.1) is 0 Å². The molecule has 1 aliphatic rings. The van der Waals surface area contributed by atoms with Gasteiger partial charge in [-0.3, -0.25) is 0 Å². The first-order valence-electron chi connectivity index (χ1n) is 8.40. The summed E-state index contributed by atoms with van der Waals surface area (Å²) in [7, 11) is -3.23. The number of hydrogen-bond acceptors (Lipinski definition) is 7. The van der Waals surface area contributed by atoms with E-state index >= 15 is 0 Å². The monoisotopic (exact) mass is 373 g/mol. The highest BCUT2D eigenvalue weighted by atomic mass is 32.2. The molecule has 3 heterocycles. The lowest BCUT2D eigenvalue weighted by Gasteiger charge is -2.22. The number of ether oxygens (including phenoxy) is 1. The van der Waals surface area contributed by atoms with E-state index in [1.807, 2.05) is 4.68 Å². The smallest absolute Gasteiger partial charge is 0.221 e. The fraction of sp³-hybridized carbons (Fsp3) is 0.353. The summed E-state index contributed by atoms with van der Waals surface area (Å²) in [5, 5.41) is 11.9. The minimum atomic E-state index is -3.23. The standard InChI is InChI=1S/C17H19N5O3S/c1-26(23,24)14-4-2-13(3-5-14)25-17-10-15-16(11-19-17)22(21-20-15)12-6-8-18-9-7-12/h2-5,10-12,18H,6-9H2,1H3. The summed E-state index contributed by atoms with van der Waals surface area (Å²) in [4.78, 5) is 4.59. The van der Waals surface area contributed by atoms with Crippen molar-refractivity contribution in [3.63, 3.8) is 0 Å². The van der Waals surface area contributed by atoms with Crippen LogP contribution in [-0.4, -0.2) is 47.7 Å². The maximum Gasteiger partial charge on any atom is 0.221 e. The van der Waals surface area contributed by atoms with Gasteiger partial charge in [0, 0.05) is 12.3 Å². The van der Waals surface area contributed by atoms with E-state index in [9.17, 15) is 8.42 Å². The number of sulfone groups is 1. The molecular weight excluding hydrogens is 354 g/mol. The number of nitrogens with one attached hydrogen (secondary N) is 1. The third-order valence-electron chi connectivity index (χ3n) is 4.46. The molecule has 1 N–H and O–H groups in total. The largest absolute Gasteiger partial charge is 0.439 e. The quantitative estimate of drug-likeness (QED) is 0.746. The molecule has 1 saturated heterocycles. The fourth-order valence-electron chi connectivity index (χ4n) is 3.07. The lowest BCUT2D eigenvalue weighted by molar-refractivity contribution is 0.345. The molecule has 0 aliphatic carbocycles. The van der Waals surface area contributed by atoms with Crippen LogP contribution in [0.15, 0.2) is 41.4 Å². The molecule has 3 aromatic rings. The highest BCUT2D eigenvalue weighted by molar-refractivity contribution is 7.90. The lowest BCUT2D eigenvalue weighted by Crippen LogP contribution is -2.29. The maximum atomic E-state index is 11.5. The second-order valence-electron chi connectivity index (χ2n) is 6.37. The molecule has 2 aromatic heterocycles. The summed E-state index contributed by atoms with van der Waals surface area (Å²) in [6, 6.07) is 8.30. The Kier molecular flexibility index (Phi) is 4.33. The summed E-state index contributed by atoms with van der Waals surface area (Å²) >= 11 is 0. The number of rotatable bonds is 4. The molecule has 0 saturated carbocycles. The number of fused-ring (bicyclic) bond motifs is 1. The minimum absolute atomic E-state index is 0.248. The number of piperidine rings is 1. The van der Waals surface area contributed by atoms with Gasteiger partial charge in [0.25, 0.3) is 0 Å². The first-order chi connectivity index (χ1) is 12.5. The molecule has 1 aromatic carbocycles. The van der Waals surface area contributed by atoms with Crippen LogP contribution >= 0.6 is 0 Å². The van der Waals surface area contributed by atoms with Gasteiger partial charge >= 0.3 is 0 Å². The van der Waals surface area contributed by atoms with Crippen LogP contribution in [0.1, 0.15) is 18.9 Å². The minimum Gasteiger partial charge on any atom is -0.439 e. The van der Waals surface area contributed by atoms with Gasteiger partial charge in [0.15, 0.2) is 9.84 Å². The van der Waals surface area contributed by atoms with E-state index < -0.39 is 9.84 Å². The van der Waals surface area contributed by atoms with Crippen LogP contribution in [0.2, 0.25) is 0 Å². The predicted octanol–water partition coefficient (Wildman–Crippen LogP) is 1.95. The van der Waals surface area contributed by atoms with Crippen molar-refractivity contribution in [3.05, 3.63) is 36.5 Å². The van der Waals surface area contributed by atoms with Crippen LogP contribution in [0.25, 0.3) is 11.0 Å². The summed E-state index contributed by atoms with van der Waals surface area (Å²) in [5.41, 5.74) is 1.61. The number of aromatic nitrogens is 4. The number of pyridine rings is 1. The molecule has 8 nitrogen and oxygen atoms in total. The predicted molar refractivity (Wildman–Crippen MR) is 96.1 cm³/mol. The Labute approximate surface area is 151 Å². The Bertz CT molecular complexity index is 1020. The van der Waals surface area contributed by atoms with Crippen LogP contribution < -0.4 is 10.1 Å². The normalized spacial score (nSPS) is 16.0. The van der Waals surface area contributed by atoms with Gasteiger partial charge in [0.1, 0.15) is 16.8 Å². The molecule has 0 amide bonds. The van der Waals surface area contributed by atoms with Crippen LogP contribution in [0.5, 0.6) is 11.6 Å². The van der Waals surface area contributed by atoms with Crippen molar-refractivity contribution in [3.8, 4) is 11.6 Å². The van der Waals surface area contributed by atoms with Crippen LogP contribution in [0.3, 0.4) is 0 Å².